The predicted octanol–water partition coefficient (Wildman–Crippen LogP) is 2.05. The van der Waals surface area contributed by atoms with Crippen LogP contribution < -0.4 is 5.32 Å². The van der Waals surface area contributed by atoms with Gasteiger partial charge in [0, 0.05) is 25.7 Å². The van der Waals surface area contributed by atoms with Crippen molar-refractivity contribution in [2.24, 2.45) is 5.92 Å². The summed E-state index contributed by atoms with van der Waals surface area (Å²) in [5, 5.41) is 13.6. The Balaban J connectivity index is 1.35. The molecule has 2 N–H and O–H groups in total. The second kappa shape index (κ2) is 7.39. The van der Waals surface area contributed by atoms with Crippen molar-refractivity contribution in [3.05, 3.63) is 35.9 Å². The van der Waals surface area contributed by atoms with Crippen LogP contribution in [0.2, 0.25) is 0 Å². The van der Waals surface area contributed by atoms with Crippen molar-refractivity contribution in [1.29, 1.82) is 0 Å². The molecule has 1 heterocycles. The Hall–Kier alpha value is -0.900. The Morgan fingerprint density at radius 1 is 1.14 bits per heavy atom. The van der Waals surface area contributed by atoms with Crippen LogP contribution >= 0.6 is 0 Å². The Labute approximate surface area is 128 Å². The lowest BCUT2D eigenvalue weighted by molar-refractivity contribution is 0.130. The number of nitrogens with one attached hydrogen (secondary N) is 1. The molecule has 3 rings (SSSR count). The lowest BCUT2D eigenvalue weighted by atomic mass is 10.1. The number of aliphatic hydroxyl groups excluding tert-OH is 1. The Morgan fingerprint density at radius 2 is 2.00 bits per heavy atom. The summed E-state index contributed by atoms with van der Waals surface area (Å²) in [4.78, 5) is 2.57. The standard InChI is InChI=1S/C18H28N2O/c21-18-8-4-7-16(18)13-19-17-10-12-20(14-17)11-9-15-5-2-1-3-6-15/h1-3,5-6,16-19,21H,4,7-14H2. The van der Waals surface area contributed by atoms with Gasteiger partial charge in [0.15, 0.2) is 0 Å². The average molecular weight is 288 g/mol. The molecule has 0 spiro atoms. The fourth-order valence-corrected chi connectivity index (χ4v) is 3.71. The molecule has 0 aromatic heterocycles. The van der Waals surface area contributed by atoms with Gasteiger partial charge in [-0.2, -0.15) is 0 Å². The minimum atomic E-state index is -0.0620. The summed E-state index contributed by atoms with van der Waals surface area (Å²) in [7, 11) is 0. The van der Waals surface area contributed by atoms with Gasteiger partial charge in [-0.15, -0.1) is 0 Å². The highest BCUT2D eigenvalue weighted by Gasteiger charge is 2.27. The molecule has 1 saturated heterocycles. The Bertz CT molecular complexity index is 422. The van der Waals surface area contributed by atoms with Gasteiger partial charge < -0.3 is 15.3 Å². The second-order valence-corrected chi connectivity index (χ2v) is 6.69. The van der Waals surface area contributed by atoms with E-state index < -0.39 is 0 Å². The SMILES string of the molecule is OC1CCCC1CNC1CCN(CCc2ccccc2)C1. The molecule has 3 atom stereocenters. The van der Waals surface area contributed by atoms with E-state index in [9.17, 15) is 5.11 Å². The first-order chi connectivity index (χ1) is 10.3. The highest BCUT2D eigenvalue weighted by molar-refractivity contribution is 5.14. The number of rotatable bonds is 6. The van der Waals surface area contributed by atoms with Gasteiger partial charge in [-0.05, 0) is 43.7 Å². The highest BCUT2D eigenvalue weighted by atomic mass is 16.3. The third-order valence-electron chi connectivity index (χ3n) is 5.12. The minimum absolute atomic E-state index is 0.0620. The maximum Gasteiger partial charge on any atom is 0.0580 e. The molecular formula is C18H28N2O. The summed E-state index contributed by atoms with van der Waals surface area (Å²) in [5.74, 6) is 0.489. The van der Waals surface area contributed by atoms with E-state index in [-0.39, 0.29) is 6.10 Å². The number of hydrogen-bond acceptors (Lipinski definition) is 3. The van der Waals surface area contributed by atoms with E-state index >= 15 is 0 Å². The zero-order valence-corrected chi connectivity index (χ0v) is 12.9. The quantitative estimate of drug-likeness (QED) is 0.841. The van der Waals surface area contributed by atoms with Crippen LogP contribution in [0.4, 0.5) is 0 Å². The smallest absolute Gasteiger partial charge is 0.0580 e. The number of aliphatic hydroxyl groups is 1. The van der Waals surface area contributed by atoms with E-state index in [1.165, 1.54) is 31.4 Å². The van der Waals surface area contributed by atoms with Gasteiger partial charge in [0.25, 0.3) is 0 Å². The van der Waals surface area contributed by atoms with Gasteiger partial charge in [0.05, 0.1) is 6.10 Å². The maximum absolute atomic E-state index is 9.87. The van der Waals surface area contributed by atoms with E-state index in [2.05, 4.69) is 40.5 Å². The number of benzene rings is 1. The van der Waals surface area contributed by atoms with Crippen molar-refractivity contribution in [1.82, 2.24) is 10.2 Å². The number of nitrogens with zero attached hydrogens (tertiary/aromatic N) is 1. The average Bonchev–Trinajstić information content (AvgIpc) is 3.13. The molecule has 1 aromatic carbocycles. The van der Waals surface area contributed by atoms with E-state index in [1.54, 1.807) is 0 Å². The summed E-state index contributed by atoms with van der Waals surface area (Å²) in [6.45, 7) is 4.53. The van der Waals surface area contributed by atoms with Crippen molar-refractivity contribution in [2.45, 2.75) is 44.2 Å². The first-order valence-electron chi connectivity index (χ1n) is 8.49. The van der Waals surface area contributed by atoms with Crippen molar-refractivity contribution in [3.8, 4) is 0 Å². The van der Waals surface area contributed by atoms with Gasteiger partial charge in [-0.3, -0.25) is 0 Å². The first kappa shape index (κ1) is 15.0. The van der Waals surface area contributed by atoms with Gasteiger partial charge >= 0.3 is 0 Å². The summed E-state index contributed by atoms with van der Waals surface area (Å²) in [6, 6.07) is 11.4. The fraction of sp³-hybridized carbons (Fsp3) is 0.667. The van der Waals surface area contributed by atoms with Gasteiger partial charge in [0.1, 0.15) is 0 Å². The largest absolute Gasteiger partial charge is 0.393 e. The molecule has 3 unspecified atom stereocenters. The molecule has 0 amide bonds. The van der Waals surface area contributed by atoms with Crippen LogP contribution in [0, 0.1) is 5.92 Å². The van der Waals surface area contributed by atoms with Crippen molar-refractivity contribution in [3.63, 3.8) is 0 Å². The highest BCUT2D eigenvalue weighted by Crippen LogP contribution is 2.25. The van der Waals surface area contributed by atoms with Crippen molar-refractivity contribution < 1.29 is 5.11 Å². The molecule has 3 heteroatoms. The van der Waals surface area contributed by atoms with Crippen LogP contribution in [0.5, 0.6) is 0 Å². The van der Waals surface area contributed by atoms with E-state index in [1.807, 2.05) is 0 Å². The van der Waals surface area contributed by atoms with E-state index in [0.29, 0.717) is 12.0 Å². The maximum atomic E-state index is 9.87. The number of likely N-dealkylation sites (tertiary alicyclic amines) is 1. The molecule has 0 radical (unpaired) electrons. The van der Waals surface area contributed by atoms with Crippen LogP contribution in [0.1, 0.15) is 31.2 Å². The van der Waals surface area contributed by atoms with Crippen LogP contribution in [-0.2, 0) is 6.42 Å². The fourth-order valence-electron chi connectivity index (χ4n) is 3.71. The molecule has 1 saturated carbocycles. The zero-order chi connectivity index (χ0) is 14.5. The molecule has 1 aliphatic carbocycles. The molecule has 1 aromatic rings. The minimum Gasteiger partial charge on any atom is -0.393 e. The molecule has 0 bridgehead atoms. The molecule has 21 heavy (non-hydrogen) atoms. The van der Waals surface area contributed by atoms with Crippen LogP contribution in [0.25, 0.3) is 0 Å². The normalized spacial score (nSPS) is 30.0. The molecule has 116 valence electrons. The van der Waals surface area contributed by atoms with Crippen molar-refractivity contribution >= 4 is 0 Å². The van der Waals surface area contributed by atoms with Crippen LogP contribution in [0.15, 0.2) is 30.3 Å². The van der Waals surface area contributed by atoms with Crippen LogP contribution in [-0.4, -0.2) is 48.3 Å². The first-order valence-corrected chi connectivity index (χ1v) is 8.49. The van der Waals surface area contributed by atoms with Gasteiger partial charge in [-0.1, -0.05) is 36.8 Å². The molecule has 1 aliphatic heterocycles. The Kier molecular flexibility index (Phi) is 5.28. The zero-order valence-electron chi connectivity index (χ0n) is 12.9. The topological polar surface area (TPSA) is 35.5 Å². The summed E-state index contributed by atoms with van der Waals surface area (Å²) >= 11 is 0. The molecular weight excluding hydrogens is 260 g/mol. The van der Waals surface area contributed by atoms with E-state index in [4.69, 9.17) is 0 Å². The Morgan fingerprint density at radius 3 is 2.76 bits per heavy atom. The third-order valence-corrected chi connectivity index (χ3v) is 5.12. The summed E-state index contributed by atoms with van der Waals surface area (Å²) < 4.78 is 0. The predicted molar refractivity (Wildman–Crippen MR) is 86.3 cm³/mol. The van der Waals surface area contributed by atoms with Crippen LogP contribution in [0.3, 0.4) is 0 Å². The lowest BCUT2D eigenvalue weighted by Gasteiger charge is -2.20. The van der Waals surface area contributed by atoms with Gasteiger partial charge in [0.2, 0.25) is 0 Å². The summed E-state index contributed by atoms with van der Waals surface area (Å²) in [5.41, 5.74) is 1.43. The van der Waals surface area contributed by atoms with Gasteiger partial charge in [-0.25, -0.2) is 0 Å². The molecule has 2 fully saturated rings. The molecule has 2 aliphatic rings. The number of hydrogen-bond donors (Lipinski definition) is 2. The van der Waals surface area contributed by atoms with E-state index in [0.717, 1.165) is 32.5 Å². The lowest BCUT2D eigenvalue weighted by Crippen LogP contribution is -2.37. The summed E-state index contributed by atoms with van der Waals surface area (Å²) in [6.07, 6.45) is 5.72. The monoisotopic (exact) mass is 288 g/mol. The third kappa shape index (κ3) is 4.29. The van der Waals surface area contributed by atoms with Crippen molar-refractivity contribution in [2.75, 3.05) is 26.2 Å². The second-order valence-electron chi connectivity index (χ2n) is 6.69. The molecule has 3 nitrogen and oxygen atoms in total.